The topological polar surface area (TPSA) is 70.2 Å². The maximum Gasteiger partial charge on any atom is 0.229 e. The quantitative estimate of drug-likeness (QED) is 0.808. The average molecular weight is 384 g/mol. The molecule has 2 aliphatic heterocycles. The van der Waals surface area contributed by atoms with Crippen LogP contribution in [-0.2, 0) is 4.79 Å². The predicted molar refractivity (Wildman–Crippen MR) is 105 cm³/mol. The number of nitrogens with zero attached hydrogens (tertiary/aromatic N) is 3. The number of aromatic nitrogens is 2. The van der Waals surface area contributed by atoms with Gasteiger partial charge in [0, 0.05) is 18.7 Å². The lowest BCUT2D eigenvalue weighted by molar-refractivity contribution is -0.131. The fourth-order valence-corrected chi connectivity index (χ4v) is 4.65. The Morgan fingerprint density at radius 3 is 2.67 bits per heavy atom. The van der Waals surface area contributed by atoms with Crippen LogP contribution in [0, 0.1) is 0 Å². The van der Waals surface area contributed by atoms with Crippen molar-refractivity contribution in [3.63, 3.8) is 0 Å². The van der Waals surface area contributed by atoms with Gasteiger partial charge < -0.3 is 15.5 Å². The lowest BCUT2D eigenvalue weighted by Gasteiger charge is -2.27. The van der Waals surface area contributed by atoms with Crippen LogP contribution in [0.5, 0.6) is 0 Å². The van der Waals surface area contributed by atoms with Gasteiger partial charge in [0.25, 0.3) is 0 Å². The summed E-state index contributed by atoms with van der Waals surface area (Å²) in [6.07, 6.45) is 7.28. The molecule has 140 valence electrons. The van der Waals surface area contributed by atoms with E-state index in [9.17, 15) is 4.79 Å². The van der Waals surface area contributed by atoms with Crippen molar-refractivity contribution in [1.29, 1.82) is 0 Å². The number of halogens is 1. The molecular formula is C20H22ClN5O. The maximum atomic E-state index is 12.0. The van der Waals surface area contributed by atoms with Crippen molar-refractivity contribution in [2.45, 2.75) is 57.2 Å². The predicted octanol–water partition coefficient (Wildman–Crippen LogP) is 4.58. The minimum Gasteiger partial charge on any atom is -0.366 e. The monoisotopic (exact) mass is 383 g/mol. The lowest BCUT2D eigenvalue weighted by Crippen LogP contribution is -2.27. The highest BCUT2D eigenvalue weighted by Crippen LogP contribution is 2.53. The molecule has 3 heterocycles. The van der Waals surface area contributed by atoms with Gasteiger partial charge in [-0.3, -0.25) is 4.79 Å². The first kappa shape index (κ1) is 16.8. The number of carbonyl (C=O) groups is 1. The summed E-state index contributed by atoms with van der Waals surface area (Å²) in [5, 5.41) is 7.22. The van der Waals surface area contributed by atoms with Crippen molar-refractivity contribution in [2.24, 2.45) is 0 Å². The Morgan fingerprint density at radius 2 is 1.96 bits per heavy atom. The maximum absolute atomic E-state index is 12.0. The van der Waals surface area contributed by atoms with Crippen molar-refractivity contribution in [1.82, 2.24) is 14.9 Å². The third-order valence-electron chi connectivity index (χ3n) is 6.00. The van der Waals surface area contributed by atoms with Crippen molar-refractivity contribution >= 4 is 35.0 Å². The van der Waals surface area contributed by atoms with Gasteiger partial charge in [0.2, 0.25) is 11.9 Å². The first-order chi connectivity index (χ1) is 13.1. The molecule has 27 heavy (non-hydrogen) atoms. The number of nitrogens with one attached hydrogen (secondary N) is 2. The number of amides is 1. The Hall–Kier alpha value is -2.34. The highest BCUT2D eigenvalue weighted by Gasteiger charge is 2.45. The van der Waals surface area contributed by atoms with E-state index in [1.807, 2.05) is 11.0 Å². The van der Waals surface area contributed by atoms with E-state index in [2.05, 4.69) is 32.7 Å². The van der Waals surface area contributed by atoms with E-state index < -0.39 is 0 Å². The summed E-state index contributed by atoms with van der Waals surface area (Å²) >= 11 is 6.24. The van der Waals surface area contributed by atoms with Gasteiger partial charge in [-0.25, -0.2) is 4.98 Å². The van der Waals surface area contributed by atoms with Crippen LogP contribution in [0.25, 0.3) is 0 Å². The van der Waals surface area contributed by atoms with Crippen molar-refractivity contribution < 1.29 is 4.79 Å². The van der Waals surface area contributed by atoms with E-state index in [0.717, 1.165) is 31.4 Å². The van der Waals surface area contributed by atoms with E-state index in [1.165, 1.54) is 17.5 Å². The van der Waals surface area contributed by atoms with Gasteiger partial charge in [-0.2, -0.15) is 4.98 Å². The Kier molecular flexibility index (Phi) is 3.97. The Balaban J connectivity index is 1.38. The molecule has 6 nitrogen and oxygen atoms in total. The average Bonchev–Trinajstić information content (AvgIpc) is 3.17. The number of rotatable bonds is 4. The molecule has 2 aromatic rings. The van der Waals surface area contributed by atoms with Crippen LogP contribution < -0.4 is 10.6 Å². The van der Waals surface area contributed by atoms with E-state index in [0.29, 0.717) is 22.8 Å². The van der Waals surface area contributed by atoms with Crippen molar-refractivity contribution in [2.75, 3.05) is 10.6 Å². The summed E-state index contributed by atoms with van der Waals surface area (Å²) in [4.78, 5) is 22.9. The molecule has 0 spiro atoms. The van der Waals surface area contributed by atoms with Crippen LogP contribution in [0.15, 0.2) is 24.4 Å². The Bertz CT molecular complexity index is 913. The molecule has 0 radical (unpaired) electrons. The molecule has 2 bridgehead atoms. The third-order valence-corrected chi connectivity index (χ3v) is 6.28. The molecule has 0 unspecified atom stereocenters. The summed E-state index contributed by atoms with van der Waals surface area (Å²) < 4.78 is 0. The van der Waals surface area contributed by atoms with E-state index in [1.54, 1.807) is 13.1 Å². The normalized spacial score (nSPS) is 23.1. The van der Waals surface area contributed by atoms with Gasteiger partial charge in [-0.15, -0.1) is 0 Å². The largest absolute Gasteiger partial charge is 0.366 e. The molecule has 2 atom stereocenters. The number of hydrogen-bond donors (Lipinski definition) is 2. The minimum atomic E-state index is 0.154. The molecule has 1 aliphatic carbocycles. The molecule has 1 saturated carbocycles. The first-order valence-electron chi connectivity index (χ1n) is 9.59. The second-order valence-corrected chi connectivity index (χ2v) is 8.07. The summed E-state index contributed by atoms with van der Waals surface area (Å²) in [5.74, 6) is 1.36. The number of carbonyl (C=O) groups excluding carboxylic acids is 1. The minimum absolute atomic E-state index is 0.154. The van der Waals surface area contributed by atoms with Crippen LogP contribution >= 0.6 is 11.6 Å². The van der Waals surface area contributed by atoms with Gasteiger partial charge in [0.1, 0.15) is 5.02 Å². The van der Waals surface area contributed by atoms with Crippen molar-refractivity contribution in [3.05, 3.63) is 40.5 Å². The van der Waals surface area contributed by atoms with Gasteiger partial charge in [-0.1, -0.05) is 17.7 Å². The molecule has 2 N–H and O–H groups in total. The summed E-state index contributed by atoms with van der Waals surface area (Å²) in [5.41, 5.74) is 3.45. The number of fused-ring (bicyclic) bond motifs is 5. The number of benzene rings is 1. The van der Waals surface area contributed by atoms with Gasteiger partial charge >= 0.3 is 0 Å². The highest BCUT2D eigenvalue weighted by molar-refractivity contribution is 6.32. The second-order valence-electron chi connectivity index (χ2n) is 7.67. The molecule has 1 saturated heterocycles. The summed E-state index contributed by atoms with van der Waals surface area (Å²) in [7, 11) is 0. The Morgan fingerprint density at radius 1 is 1.19 bits per heavy atom. The number of anilines is 3. The SMILES string of the molecule is CC(=O)N1[C@@H]2CC[C@H]1c1ccc(Nc3ncc(Cl)c(NC4CCC4)n3)cc12. The fourth-order valence-electron chi connectivity index (χ4n) is 4.51. The molecule has 7 heteroatoms. The van der Waals surface area contributed by atoms with Crippen LogP contribution in [0.3, 0.4) is 0 Å². The number of hydrogen-bond acceptors (Lipinski definition) is 5. The zero-order valence-electron chi connectivity index (χ0n) is 15.2. The van der Waals surface area contributed by atoms with Gasteiger partial charge in [-0.05, 0) is 55.4 Å². The molecular weight excluding hydrogens is 362 g/mol. The van der Waals surface area contributed by atoms with E-state index in [-0.39, 0.29) is 18.0 Å². The Labute approximate surface area is 163 Å². The molecule has 2 fully saturated rings. The lowest BCUT2D eigenvalue weighted by atomic mass is 9.91. The van der Waals surface area contributed by atoms with E-state index >= 15 is 0 Å². The molecule has 3 aliphatic rings. The van der Waals surface area contributed by atoms with Crippen molar-refractivity contribution in [3.8, 4) is 0 Å². The smallest absolute Gasteiger partial charge is 0.229 e. The van der Waals surface area contributed by atoms with Gasteiger partial charge in [0.05, 0.1) is 18.3 Å². The van der Waals surface area contributed by atoms with E-state index in [4.69, 9.17) is 11.6 Å². The van der Waals surface area contributed by atoms with Gasteiger partial charge in [0.15, 0.2) is 5.82 Å². The summed E-state index contributed by atoms with van der Waals surface area (Å²) in [6, 6.07) is 7.19. The van der Waals surface area contributed by atoms with Crippen LogP contribution in [0.2, 0.25) is 5.02 Å². The molecule has 1 amide bonds. The second kappa shape index (κ2) is 6.37. The van der Waals surface area contributed by atoms with Crippen LogP contribution in [-0.4, -0.2) is 26.8 Å². The first-order valence-corrected chi connectivity index (χ1v) is 9.97. The zero-order chi connectivity index (χ0) is 18.5. The highest BCUT2D eigenvalue weighted by atomic mass is 35.5. The van der Waals surface area contributed by atoms with Crippen LogP contribution in [0.1, 0.15) is 62.2 Å². The van der Waals surface area contributed by atoms with Crippen LogP contribution in [0.4, 0.5) is 17.5 Å². The third kappa shape index (κ3) is 2.83. The standard InChI is InChI=1S/C20H22ClN5O/c1-11(27)26-17-7-8-18(26)15-9-13(5-6-14(15)17)24-20-22-10-16(21)19(25-20)23-12-3-2-4-12/h5-6,9-10,12,17-18H,2-4,7-8H2,1H3,(H2,22,23,24,25)/t17-,18+/m0/s1. The molecule has 5 rings (SSSR count). The molecule has 1 aromatic carbocycles. The summed E-state index contributed by atoms with van der Waals surface area (Å²) in [6.45, 7) is 1.66. The zero-order valence-corrected chi connectivity index (χ0v) is 16.0. The molecule has 1 aromatic heterocycles. The fraction of sp³-hybridized carbons (Fsp3) is 0.450.